The molecule has 1 nitrogen and oxygen atoms in total. The van der Waals surface area contributed by atoms with Crippen molar-refractivity contribution in [3.05, 3.63) is 30.1 Å². The molecule has 2 bridgehead atoms. The van der Waals surface area contributed by atoms with Gasteiger partial charge in [-0.3, -0.25) is 4.98 Å². The zero-order chi connectivity index (χ0) is 11.0. The molecule has 0 aromatic carbocycles. The third-order valence-electron chi connectivity index (χ3n) is 4.39. The number of hydrogen-bond donors (Lipinski definition) is 0. The Kier molecular flexibility index (Phi) is 3.01. The van der Waals surface area contributed by atoms with Crippen molar-refractivity contribution in [2.45, 2.75) is 36.9 Å². The summed E-state index contributed by atoms with van der Waals surface area (Å²) >= 11 is 3.90. The van der Waals surface area contributed by atoms with Crippen LogP contribution >= 0.6 is 15.9 Å². The number of aromatic nitrogens is 1. The van der Waals surface area contributed by atoms with Crippen LogP contribution in [0.1, 0.15) is 31.4 Å². The molecule has 1 aromatic rings. The van der Waals surface area contributed by atoms with E-state index in [9.17, 15) is 0 Å². The minimum Gasteiger partial charge on any atom is -0.261 e. The summed E-state index contributed by atoms with van der Waals surface area (Å²) in [4.78, 5) is 5.06. The van der Waals surface area contributed by atoms with E-state index < -0.39 is 0 Å². The number of hydrogen-bond acceptors (Lipinski definition) is 1. The van der Waals surface area contributed by atoms with Crippen molar-refractivity contribution in [2.75, 3.05) is 0 Å². The van der Waals surface area contributed by atoms with Gasteiger partial charge in [0.05, 0.1) is 0 Å². The Morgan fingerprint density at radius 1 is 1.31 bits per heavy atom. The molecular formula is C14H18BrN. The average Bonchev–Trinajstić information content (AvgIpc) is 2.92. The highest BCUT2D eigenvalue weighted by Gasteiger charge is 2.42. The number of rotatable bonds is 3. The van der Waals surface area contributed by atoms with Crippen LogP contribution in [0.2, 0.25) is 0 Å². The summed E-state index contributed by atoms with van der Waals surface area (Å²) in [6.45, 7) is 0. The predicted molar refractivity (Wildman–Crippen MR) is 69.6 cm³/mol. The molecule has 86 valence electrons. The van der Waals surface area contributed by atoms with Crippen LogP contribution in [0.5, 0.6) is 0 Å². The zero-order valence-corrected chi connectivity index (χ0v) is 11.1. The summed E-state index contributed by atoms with van der Waals surface area (Å²) in [6, 6.07) is 6.22. The smallest absolute Gasteiger partial charge is 0.0414 e. The largest absolute Gasteiger partial charge is 0.261 e. The lowest BCUT2D eigenvalue weighted by Crippen LogP contribution is -2.23. The van der Waals surface area contributed by atoms with Crippen molar-refractivity contribution in [3.63, 3.8) is 0 Å². The van der Waals surface area contributed by atoms with Gasteiger partial charge in [0.1, 0.15) is 0 Å². The van der Waals surface area contributed by atoms with E-state index in [1.165, 1.54) is 31.4 Å². The summed E-state index contributed by atoms with van der Waals surface area (Å²) < 4.78 is 0. The van der Waals surface area contributed by atoms with Crippen molar-refractivity contribution in [1.29, 1.82) is 0 Å². The maximum absolute atomic E-state index is 4.42. The van der Waals surface area contributed by atoms with Crippen LogP contribution in [0.25, 0.3) is 0 Å². The fourth-order valence-corrected chi connectivity index (χ4v) is 4.59. The molecule has 2 saturated carbocycles. The van der Waals surface area contributed by atoms with Crippen molar-refractivity contribution in [3.8, 4) is 0 Å². The van der Waals surface area contributed by atoms with E-state index in [4.69, 9.17) is 0 Å². The molecule has 0 spiro atoms. The third-order valence-corrected chi connectivity index (χ3v) is 5.39. The maximum Gasteiger partial charge on any atom is 0.0414 e. The van der Waals surface area contributed by atoms with Crippen LogP contribution in [-0.4, -0.2) is 9.81 Å². The summed E-state index contributed by atoms with van der Waals surface area (Å²) in [5.41, 5.74) is 1.23. The van der Waals surface area contributed by atoms with Gasteiger partial charge in [-0.25, -0.2) is 0 Å². The topological polar surface area (TPSA) is 12.9 Å². The van der Waals surface area contributed by atoms with E-state index in [1.54, 1.807) is 0 Å². The normalized spacial score (nSPS) is 34.2. The Morgan fingerprint density at radius 3 is 2.88 bits per heavy atom. The van der Waals surface area contributed by atoms with Crippen LogP contribution in [0.4, 0.5) is 0 Å². The van der Waals surface area contributed by atoms with E-state index in [1.807, 2.05) is 12.3 Å². The van der Waals surface area contributed by atoms with Crippen molar-refractivity contribution < 1.29 is 0 Å². The lowest BCUT2D eigenvalue weighted by Gasteiger charge is -2.26. The Balaban J connectivity index is 1.64. The molecule has 2 heteroatoms. The number of fused-ring (bicyclic) bond motifs is 2. The van der Waals surface area contributed by atoms with Gasteiger partial charge in [0.15, 0.2) is 0 Å². The molecular weight excluding hydrogens is 262 g/mol. The van der Waals surface area contributed by atoms with Gasteiger partial charge in [-0.05, 0) is 49.1 Å². The van der Waals surface area contributed by atoms with Crippen molar-refractivity contribution in [2.24, 2.45) is 17.8 Å². The third kappa shape index (κ3) is 2.04. The van der Waals surface area contributed by atoms with Gasteiger partial charge in [-0.1, -0.05) is 28.4 Å². The molecule has 0 aliphatic heterocycles. The van der Waals surface area contributed by atoms with Gasteiger partial charge in [-0.2, -0.15) is 0 Å². The summed E-state index contributed by atoms with van der Waals surface area (Å²) in [6.07, 6.45) is 8.90. The second-order valence-electron chi connectivity index (χ2n) is 5.38. The van der Waals surface area contributed by atoms with Gasteiger partial charge in [0.25, 0.3) is 0 Å². The van der Waals surface area contributed by atoms with E-state index >= 15 is 0 Å². The second kappa shape index (κ2) is 4.48. The Hall–Kier alpha value is -0.370. The summed E-state index contributed by atoms with van der Waals surface area (Å²) in [5, 5.41) is 0. The van der Waals surface area contributed by atoms with E-state index in [-0.39, 0.29) is 0 Å². The van der Waals surface area contributed by atoms with Crippen LogP contribution in [-0.2, 0) is 6.42 Å². The minimum atomic E-state index is 0.637. The first-order chi connectivity index (χ1) is 7.83. The zero-order valence-electron chi connectivity index (χ0n) is 9.48. The lowest BCUT2D eigenvalue weighted by atomic mass is 9.85. The molecule has 0 amide bonds. The van der Waals surface area contributed by atoms with Crippen LogP contribution in [0.3, 0.4) is 0 Å². The molecule has 1 heterocycles. The van der Waals surface area contributed by atoms with Gasteiger partial charge < -0.3 is 0 Å². The van der Waals surface area contributed by atoms with E-state index in [0.717, 1.165) is 24.2 Å². The highest BCUT2D eigenvalue weighted by atomic mass is 79.9. The molecule has 2 fully saturated rings. The Bertz CT molecular complexity index is 351. The maximum atomic E-state index is 4.42. The SMILES string of the molecule is BrC(Cc1ccccn1)C1CC2CCC1C2. The highest BCUT2D eigenvalue weighted by Crippen LogP contribution is 2.51. The van der Waals surface area contributed by atoms with E-state index in [0.29, 0.717) is 4.83 Å². The van der Waals surface area contributed by atoms with Crippen LogP contribution in [0.15, 0.2) is 24.4 Å². The molecule has 3 rings (SSSR count). The molecule has 2 aliphatic rings. The molecule has 4 unspecified atom stereocenters. The fourth-order valence-electron chi connectivity index (χ4n) is 3.61. The lowest BCUT2D eigenvalue weighted by molar-refractivity contribution is 0.325. The Morgan fingerprint density at radius 2 is 2.25 bits per heavy atom. The Labute approximate surface area is 106 Å². The predicted octanol–water partition coefficient (Wildman–Crippen LogP) is 3.82. The first-order valence-corrected chi connectivity index (χ1v) is 7.28. The number of halogens is 1. The quantitative estimate of drug-likeness (QED) is 0.767. The molecule has 1 aromatic heterocycles. The first-order valence-electron chi connectivity index (χ1n) is 6.37. The standard InChI is InChI=1S/C14H18BrN/c15-14(9-12-3-1-2-6-16-12)13-8-10-4-5-11(13)7-10/h1-3,6,10-11,13-14H,4-5,7-9H2. The molecule has 0 N–H and O–H groups in total. The van der Waals surface area contributed by atoms with Gasteiger partial charge >= 0.3 is 0 Å². The van der Waals surface area contributed by atoms with Crippen molar-refractivity contribution in [1.82, 2.24) is 4.98 Å². The molecule has 2 aliphatic carbocycles. The number of alkyl halides is 1. The van der Waals surface area contributed by atoms with Crippen molar-refractivity contribution >= 4 is 15.9 Å². The molecule has 16 heavy (non-hydrogen) atoms. The van der Waals surface area contributed by atoms with Gasteiger partial charge in [0.2, 0.25) is 0 Å². The molecule has 4 atom stereocenters. The highest BCUT2D eigenvalue weighted by molar-refractivity contribution is 9.09. The monoisotopic (exact) mass is 279 g/mol. The number of nitrogens with zero attached hydrogens (tertiary/aromatic N) is 1. The van der Waals surface area contributed by atoms with Crippen LogP contribution in [0, 0.1) is 17.8 Å². The van der Waals surface area contributed by atoms with Crippen LogP contribution < -0.4 is 0 Å². The fraction of sp³-hybridized carbons (Fsp3) is 0.643. The van der Waals surface area contributed by atoms with Gasteiger partial charge in [-0.15, -0.1) is 0 Å². The summed E-state index contributed by atoms with van der Waals surface area (Å²) in [5.74, 6) is 2.94. The molecule has 0 radical (unpaired) electrons. The first kappa shape index (κ1) is 10.8. The van der Waals surface area contributed by atoms with E-state index in [2.05, 4.69) is 33.0 Å². The minimum absolute atomic E-state index is 0.637. The second-order valence-corrected chi connectivity index (χ2v) is 6.56. The molecule has 0 saturated heterocycles. The number of pyridine rings is 1. The summed E-state index contributed by atoms with van der Waals surface area (Å²) in [7, 11) is 0. The van der Waals surface area contributed by atoms with Gasteiger partial charge in [0, 0.05) is 23.1 Å². The average molecular weight is 280 g/mol.